The summed E-state index contributed by atoms with van der Waals surface area (Å²) < 4.78 is 14.5. The normalized spacial score (nSPS) is 8.62. The Bertz CT molecular complexity index is 544. The van der Waals surface area contributed by atoms with Crippen LogP contribution in [0.25, 0.3) is 0 Å². The van der Waals surface area contributed by atoms with Crippen molar-refractivity contribution < 1.29 is 14.2 Å². The summed E-state index contributed by atoms with van der Waals surface area (Å²) in [6.07, 6.45) is 6.76. The summed E-state index contributed by atoms with van der Waals surface area (Å²) in [5.74, 6) is 2.12. The first-order chi connectivity index (χ1) is 11.8. The Kier molecular flexibility index (Phi) is 9.76. The average molecular weight is 327 g/mol. The van der Waals surface area contributed by atoms with Crippen LogP contribution in [0.2, 0.25) is 0 Å². The van der Waals surface area contributed by atoms with Crippen molar-refractivity contribution >= 4 is 0 Å². The zero-order chi connectivity index (χ0) is 17.5. The van der Waals surface area contributed by atoms with Crippen molar-refractivity contribution in [2.75, 3.05) is 21.3 Å². The van der Waals surface area contributed by atoms with Crippen LogP contribution < -0.4 is 14.2 Å². The number of ether oxygens (including phenoxy) is 3. The summed E-state index contributed by atoms with van der Waals surface area (Å²) in [7, 11) is 4.82. The van der Waals surface area contributed by atoms with Crippen molar-refractivity contribution in [3.63, 3.8) is 0 Å². The SMILES string of the molecule is COc1ccccn1.COc1ccccn1.COc1cccnc1. The minimum absolute atomic E-state index is 0.660. The van der Waals surface area contributed by atoms with Gasteiger partial charge in [-0.05, 0) is 24.3 Å². The van der Waals surface area contributed by atoms with E-state index in [0.29, 0.717) is 11.8 Å². The minimum Gasteiger partial charge on any atom is -0.495 e. The standard InChI is InChI=1S/3C6H7NO/c1-8-6-3-2-4-7-5-6;2*1-8-6-4-2-3-5-7-6/h3*2-5H,1H3. The minimum atomic E-state index is 0.660. The highest BCUT2D eigenvalue weighted by Crippen LogP contribution is 2.03. The van der Waals surface area contributed by atoms with Gasteiger partial charge in [0.2, 0.25) is 11.8 Å². The molecule has 3 aromatic rings. The quantitative estimate of drug-likeness (QED) is 0.735. The van der Waals surface area contributed by atoms with E-state index in [2.05, 4.69) is 15.0 Å². The Morgan fingerprint density at radius 1 is 0.625 bits per heavy atom. The van der Waals surface area contributed by atoms with Gasteiger partial charge in [-0.2, -0.15) is 0 Å². The molecule has 24 heavy (non-hydrogen) atoms. The third kappa shape index (κ3) is 8.33. The van der Waals surface area contributed by atoms with Crippen LogP contribution in [0.4, 0.5) is 0 Å². The van der Waals surface area contributed by atoms with Crippen molar-refractivity contribution in [2.45, 2.75) is 0 Å². The molecule has 0 aliphatic rings. The lowest BCUT2D eigenvalue weighted by Gasteiger charge is -1.93. The first-order valence-corrected chi connectivity index (χ1v) is 7.14. The maximum atomic E-state index is 4.85. The Hall–Kier alpha value is -3.15. The summed E-state index contributed by atoms with van der Waals surface area (Å²) in [5, 5.41) is 0. The van der Waals surface area contributed by atoms with Gasteiger partial charge in [-0.25, -0.2) is 9.97 Å². The van der Waals surface area contributed by atoms with E-state index in [9.17, 15) is 0 Å². The van der Waals surface area contributed by atoms with Gasteiger partial charge in [-0.1, -0.05) is 12.1 Å². The molecule has 0 amide bonds. The Labute approximate surface area is 142 Å². The highest BCUT2D eigenvalue weighted by Gasteiger charge is 1.83. The topological polar surface area (TPSA) is 66.4 Å². The molecule has 6 nitrogen and oxygen atoms in total. The Morgan fingerprint density at radius 2 is 1.21 bits per heavy atom. The summed E-state index contributed by atoms with van der Waals surface area (Å²) in [6, 6.07) is 14.8. The largest absolute Gasteiger partial charge is 0.495 e. The molecule has 0 aliphatic carbocycles. The predicted octanol–water partition coefficient (Wildman–Crippen LogP) is 3.27. The van der Waals surface area contributed by atoms with Crippen molar-refractivity contribution in [3.05, 3.63) is 73.3 Å². The molecule has 0 fully saturated rings. The highest BCUT2D eigenvalue weighted by atomic mass is 16.5. The molecule has 0 N–H and O–H groups in total. The molecule has 0 saturated heterocycles. The smallest absolute Gasteiger partial charge is 0.212 e. The lowest BCUT2D eigenvalue weighted by atomic mass is 10.5. The van der Waals surface area contributed by atoms with Gasteiger partial charge in [0.15, 0.2) is 0 Å². The van der Waals surface area contributed by atoms with E-state index >= 15 is 0 Å². The number of aromatic nitrogens is 3. The van der Waals surface area contributed by atoms with Crippen LogP contribution in [-0.2, 0) is 0 Å². The van der Waals surface area contributed by atoms with E-state index in [-0.39, 0.29) is 0 Å². The van der Waals surface area contributed by atoms with Crippen LogP contribution in [0.3, 0.4) is 0 Å². The third-order valence-corrected chi connectivity index (χ3v) is 2.56. The number of rotatable bonds is 3. The molecule has 3 rings (SSSR count). The first-order valence-electron chi connectivity index (χ1n) is 7.14. The first kappa shape index (κ1) is 18.9. The maximum absolute atomic E-state index is 4.85. The zero-order valence-corrected chi connectivity index (χ0v) is 14.0. The van der Waals surface area contributed by atoms with Crippen molar-refractivity contribution in [3.8, 4) is 17.5 Å². The molecule has 0 aromatic carbocycles. The van der Waals surface area contributed by atoms with Gasteiger partial charge in [-0.3, -0.25) is 4.98 Å². The molecule has 6 heteroatoms. The van der Waals surface area contributed by atoms with Crippen LogP contribution in [0.5, 0.6) is 17.5 Å². The Morgan fingerprint density at radius 3 is 1.46 bits per heavy atom. The van der Waals surface area contributed by atoms with E-state index in [1.807, 2.05) is 36.4 Å². The summed E-state index contributed by atoms with van der Waals surface area (Å²) in [4.78, 5) is 11.6. The number of hydrogen-bond acceptors (Lipinski definition) is 6. The van der Waals surface area contributed by atoms with E-state index in [1.54, 1.807) is 58.2 Å². The zero-order valence-electron chi connectivity index (χ0n) is 14.0. The van der Waals surface area contributed by atoms with Gasteiger partial charge in [0.25, 0.3) is 0 Å². The lowest BCUT2D eigenvalue weighted by Crippen LogP contribution is -1.83. The molecule has 0 aliphatic heterocycles. The average Bonchev–Trinajstić information content (AvgIpc) is 2.71. The molecule has 0 radical (unpaired) electrons. The lowest BCUT2D eigenvalue weighted by molar-refractivity contribution is 0.398. The number of hydrogen-bond donors (Lipinski definition) is 0. The van der Waals surface area contributed by atoms with Gasteiger partial charge in [0.1, 0.15) is 5.75 Å². The van der Waals surface area contributed by atoms with Crippen molar-refractivity contribution in [1.82, 2.24) is 15.0 Å². The molecule has 0 unspecified atom stereocenters. The van der Waals surface area contributed by atoms with Gasteiger partial charge < -0.3 is 14.2 Å². The van der Waals surface area contributed by atoms with Crippen LogP contribution in [0.1, 0.15) is 0 Å². The molecule has 0 saturated carbocycles. The van der Waals surface area contributed by atoms with E-state index in [0.717, 1.165) is 5.75 Å². The maximum Gasteiger partial charge on any atom is 0.212 e. The second kappa shape index (κ2) is 12.4. The van der Waals surface area contributed by atoms with Crippen LogP contribution in [0.15, 0.2) is 73.3 Å². The second-order valence-corrected chi connectivity index (χ2v) is 4.14. The van der Waals surface area contributed by atoms with Gasteiger partial charge in [-0.15, -0.1) is 0 Å². The number of methoxy groups -OCH3 is 3. The molecule has 3 aromatic heterocycles. The number of nitrogens with zero attached hydrogens (tertiary/aromatic N) is 3. The molecular weight excluding hydrogens is 306 g/mol. The van der Waals surface area contributed by atoms with Crippen LogP contribution >= 0.6 is 0 Å². The summed E-state index contributed by atoms with van der Waals surface area (Å²) in [5.41, 5.74) is 0. The van der Waals surface area contributed by atoms with Crippen LogP contribution in [0, 0.1) is 0 Å². The van der Waals surface area contributed by atoms with E-state index in [4.69, 9.17) is 14.2 Å². The molecule has 0 bridgehead atoms. The summed E-state index contributed by atoms with van der Waals surface area (Å²) >= 11 is 0. The van der Waals surface area contributed by atoms with E-state index in [1.165, 1.54) is 0 Å². The molecule has 0 spiro atoms. The third-order valence-electron chi connectivity index (χ3n) is 2.56. The van der Waals surface area contributed by atoms with Crippen molar-refractivity contribution in [2.24, 2.45) is 0 Å². The van der Waals surface area contributed by atoms with E-state index < -0.39 is 0 Å². The van der Waals surface area contributed by atoms with Gasteiger partial charge in [0.05, 0.1) is 27.5 Å². The highest BCUT2D eigenvalue weighted by molar-refractivity contribution is 5.14. The fraction of sp³-hybridized carbons (Fsp3) is 0.167. The van der Waals surface area contributed by atoms with Crippen molar-refractivity contribution in [1.29, 1.82) is 0 Å². The molecular formula is C18H21N3O3. The molecule has 3 heterocycles. The monoisotopic (exact) mass is 327 g/mol. The van der Waals surface area contributed by atoms with Crippen LogP contribution in [-0.4, -0.2) is 36.3 Å². The van der Waals surface area contributed by atoms with Gasteiger partial charge >= 0.3 is 0 Å². The molecule has 126 valence electrons. The predicted molar refractivity (Wildman–Crippen MR) is 92.4 cm³/mol. The fourth-order valence-electron chi connectivity index (χ4n) is 1.40. The Balaban J connectivity index is 0.000000180. The summed E-state index contributed by atoms with van der Waals surface area (Å²) in [6.45, 7) is 0. The number of pyridine rings is 3. The second-order valence-electron chi connectivity index (χ2n) is 4.14. The van der Waals surface area contributed by atoms with Gasteiger partial charge in [0, 0.05) is 30.7 Å². The molecule has 0 atom stereocenters. The fourth-order valence-corrected chi connectivity index (χ4v) is 1.40.